The minimum atomic E-state index is -0.417. The summed E-state index contributed by atoms with van der Waals surface area (Å²) in [5.41, 5.74) is 0.151. The van der Waals surface area contributed by atoms with Crippen LogP contribution in [0, 0.1) is 52.3 Å². The predicted octanol–water partition coefficient (Wildman–Crippen LogP) is 4.16. The van der Waals surface area contributed by atoms with E-state index in [1.54, 1.807) is 0 Å². The van der Waals surface area contributed by atoms with Crippen LogP contribution in [-0.2, 0) is 0 Å². The summed E-state index contributed by atoms with van der Waals surface area (Å²) in [7, 11) is 0. The Morgan fingerprint density at radius 2 is 1.48 bits per heavy atom. The van der Waals surface area contributed by atoms with Gasteiger partial charge in [-0.25, -0.2) is 0 Å². The van der Waals surface area contributed by atoms with Crippen LogP contribution in [0.4, 0.5) is 0 Å². The van der Waals surface area contributed by atoms with Crippen LogP contribution in [0.5, 0.6) is 0 Å². The van der Waals surface area contributed by atoms with E-state index in [2.05, 4.69) is 26.8 Å². The Bertz CT molecular complexity index is 676. The molecule has 4 heteroatoms. The minimum Gasteiger partial charge on any atom is -0.393 e. The summed E-state index contributed by atoms with van der Waals surface area (Å²) in [4.78, 5) is 0. The van der Waals surface area contributed by atoms with Crippen molar-refractivity contribution < 1.29 is 20.4 Å². The molecule has 4 aliphatic carbocycles. The Labute approximate surface area is 189 Å². The molecule has 4 aliphatic rings. The average molecular weight is 435 g/mol. The molecule has 31 heavy (non-hydrogen) atoms. The molecule has 4 saturated carbocycles. The van der Waals surface area contributed by atoms with Crippen LogP contribution in [0.15, 0.2) is 12.2 Å². The molecular weight excluding hydrogens is 388 g/mol. The van der Waals surface area contributed by atoms with Crippen LogP contribution in [0.3, 0.4) is 0 Å². The second kappa shape index (κ2) is 8.42. The molecule has 0 aromatic carbocycles. The van der Waals surface area contributed by atoms with E-state index in [1.165, 1.54) is 6.42 Å². The van der Waals surface area contributed by atoms with Gasteiger partial charge in [-0.05, 0) is 97.2 Å². The van der Waals surface area contributed by atoms with Gasteiger partial charge in [0, 0.05) is 0 Å². The van der Waals surface area contributed by atoms with Gasteiger partial charge in [-0.2, -0.15) is 0 Å². The largest absolute Gasteiger partial charge is 0.393 e. The maximum Gasteiger partial charge on any atom is 0.0743 e. The van der Waals surface area contributed by atoms with E-state index < -0.39 is 6.10 Å². The second-order valence-electron chi connectivity index (χ2n) is 12.6. The van der Waals surface area contributed by atoms with Crippen LogP contribution in [0.25, 0.3) is 0 Å². The number of aliphatic hydroxyl groups is 4. The average Bonchev–Trinajstić information content (AvgIpc) is 2.98. The summed E-state index contributed by atoms with van der Waals surface area (Å²) in [5, 5.41) is 43.0. The maximum absolute atomic E-state index is 11.3. The quantitative estimate of drug-likeness (QED) is 0.501. The molecule has 0 unspecified atom stereocenters. The van der Waals surface area contributed by atoms with Crippen LogP contribution < -0.4 is 0 Å². The first-order chi connectivity index (χ1) is 14.5. The molecule has 4 nitrogen and oxygen atoms in total. The highest BCUT2D eigenvalue weighted by molar-refractivity contribution is 5.14. The first-order valence-electron chi connectivity index (χ1n) is 12.9. The van der Waals surface area contributed by atoms with Crippen molar-refractivity contribution in [1.82, 2.24) is 0 Å². The molecule has 0 saturated heterocycles. The zero-order valence-electron chi connectivity index (χ0n) is 20.2. The van der Waals surface area contributed by atoms with E-state index in [4.69, 9.17) is 0 Å². The molecule has 0 bridgehead atoms. The van der Waals surface area contributed by atoms with Crippen molar-refractivity contribution in [3.8, 4) is 0 Å². The topological polar surface area (TPSA) is 80.9 Å². The third-order valence-electron chi connectivity index (χ3n) is 10.6. The standard InChI is InChI=1S/C27H46O4/c1-15(2)22(29)7-6-16(3)20-14-24(31)25-18-13-23(30)21-12-17(28)8-10-26(21,4)19(18)9-11-27(20,25)5/h6-7,15-25,28-31H,8-14H2,1-5H3/b7-6+/t16-,17+,18-,19+,20-,21-,22+,23+,24-,25-,26-,27-/m1/s1. The summed E-state index contributed by atoms with van der Waals surface area (Å²) < 4.78 is 0. The fourth-order valence-electron chi connectivity index (χ4n) is 8.85. The van der Waals surface area contributed by atoms with Crippen molar-refractivity contribution in [3.05, 3.63) is 12.2 Å². The fraction of sp³-hybridized carbons (Fsp3) is 0.926. The lowest BCUT2D eigenvalue weighted by atomic mass is 9.43. The third-order valence-corrected chi connectivity index (χ3v) is 10.6. The summed E-state index contributed by atoms with van der Waals surface area (Å²) in [6, 6.07) is 0. The molecule has 4 rings (SSSR count). The molecular formula is C27H46O4. The number of aliphatic hydroxyl groups excluding tert-OH is 4. The Morgan fingerprint density at radius 3 is 2.16 bits per heavy atom. The van der Waals surface area contributed by atoms with Crippen molar-refractivity contribution >= 4 is 0 Å². The van der Waals surface area contributed by atoms with Gasteiger partial charge in [-0.3, -0.25) is 0 Å². The Morgan fingerprint density at radius 1 is 0.806 bits per heavy atom. The molecule has 0 radical (unpaired) electrons. The second-order valence-corrected chi connectivity index (χ2v) is 12.6. The van der Waals surface area contributed by atoms with Gasteiger partial charge in [0.2, 0.25) is 0 Å². The van der Waals surface area contributed by atoms with E-state index in [9.17, 15) is 20.4 Å². The zero-order valence-corrected chi connectivity index (χ0v) is 20.2. The molecule has 0 amide bonds. The highest BCUT2D eigenvalue weighted by Crippen LogP contribution is 2.68. The Kier molecular flexibility index (Phi) is 6.44. The van der Waals surface area contributed by atoms with Gasteiger partial charge >= 0.3 is 0 Å². The molecule has 4 N–H and O–H groups in total. The van der Waals surface area contributed by atoms with E-state index in [0.29, 0.717) is 23.7 Å². The van der Waals surface area contributed by atoms with Crippen molar-refractivity contribution in [2.75, 3.05) is 0 Å². The van der Waals surface area contributed by atoms with Crippen LogP contribution in [0.1, 0.15) is 79.6 Å². The SMILES string of the molecule is CC(C)[C@@H](O)/C=C/[C@@H](C)[C@H]1C[C@@H](O)[C@H]2[C@@H]3C[C@H](O)[C@H]4C[C@@H](O)CC[C@]4(C)[C@H]3CC[C@@]21C. The van der Waals surface area contributed by atoms with E-state index in [1.807, 2.05) is 19.9 Å². The maximum atomic E-state index is 11.3. The van der Waals surface area contributed by atoms with E-state index in [0.717, 1.165) is 38.5 Å². The molecule has 4 fully saturated rings. The number of hydrogen-bond acceptors (Lipinski definition) is 4. The van der Waals surface area contributed by atoms with Gasteiger partial charge in [0.05, 0.1) is 24.4 Å². The number of fused-ring (bicyclic) bond motifs is 5. The Balaban J connectivity index is 1.58. The van der Waals surface area contributed by atoms with Gasteiger partial charge in [0.25, 0.3) is 0 Å². The molecule has 0 spiro atoms. The van der Waals surface area contributed by atoms with Crippen molar-refractivity contribution in [3.63, 3.8) is 0 Å². The summed E-state index contributed by atoms with van der Waals surface area (Å²) in [5.74, 6) is 2.26. The van der Waals surface area contributed by atoms with Gasteiger partial charge in [0.1, 0.15) is 0 Å². The zero-order chi connectivity index (χ0) is 22.7. The molecule has 0 aliphatic heterocycles. The number of allylic oxidation sites excluding steroid dienone is 1. The van der Waals surface area contributed by atoms with E-state index in [-0.39, 0.29) is 46.9 Å². The van der Waals surface area contributed by atoms with Gasteiger partial charge in [0.15, 0.2) is 0 Å². The molecule has 0 aromatic rings. The highest BCUT2D eigenvalue weighted by atomic mass is 16.3. The number of rotatable bonds is 4. The van der Waals surface area contributed by atoms with Crippen LogP contribution in [0.2, 0.25) is 0 Å². The molecule has 178 valence electrons. The summed E-state index contributed by atoms with van der Waals surface area (Å²) >= 11 is 0. The number of hydrogen-bond donors (Lipinski definition) is 4. The van der Waals surface area contributed by atoms with Gasteiger partial charge in [-0.15, -0.1) is 0 Å². The molecule has 12 atom stereocenters. The highest BCUT2D eigenvalue weighted by Gasteiger charge is 2.64. The fourth-order valence-corrected chi connectivity index (χ4v) is 8.85. The normalized spacial score (nSPS) is 51.9. The lowest BCUT2D eigenvalue weighted by molar-refractivity contribution is -0.180. The van der Waals surface area contributed by atoms with Gasteiger partial charge < -0.3 is 20.4 Å². The molecule has 0 aromatic heterocycles. The van der Waals surface area contributed by atoms with Crippen LogP contribution >= 0.6 is 0 Å². The third kappa shape index (κ3) is 3.84. The van der Waals surface area contributed by atoms with E-state index >= 15 is 0 Å². The summed E-state index contributed by atoms with van der Waals surface area (Å²) in [6.45, 7) is 11.1. The van der Waals surface area contributed by atoms with Gasteiger partial charge in [-0.1, -0.05) is 46.8 Å². The van der Waals surface area contributed by atoms with Crippen molar-refractivity contribution in [2.45, 2.75) is 104 Å². The van der Waals surface area contributed by atoms with Crippen molar-refractivity contribution in [1.29, 1.82) is 0 Å². The lowest BCUT2D eigenvalue weighted by Crippen LogP contribution is -2.59. The lowest BCUT2D eigenvalue weighted by Gasteiger charge is -2.62. The first kappa shape index (κ1) is 23.7. The van der Waals surface area contributed by atoms with Crippen molar-refractivity contribution in [2.24, 2.45) is 52.3 Å². The monoisotopic (exact) mass is 434 g/mol. The molecule has 0 heterocycles. The minimum absolute atomic E-state index is 0.0736. The summed E-state index contributed by atoms with van der Waals surface area (Å²) in [6.07, 6.45) is 9.23. The smallest absolute Gasteiger partial charge is 0.0743 e. The predicted molar refractivity (Wildman–Crippen MR) is 123 cm³/mol. The Hall–Kier alpha value is -0.420. The van der Waals surface area contributed by atoms with Crippen LogP contribution in [-0.4, -0.2) is 44.8 Å². The first-order valence-corrected chi connectivity index (χ1v) is 12.9.